The van der Waals surface area contributed by atoms with Crippen LogP contribution in [0.15, 0.2) is 48.5 Å². The predicted octanol–water partition coefficient (Wildman–Crippen LogP) is 1.94. The number of carbonyl (C=O) groups excluding carboxylic acids is 1. The summed E-state index contributed by atoms with van der Waals surface area (Å²) in [5.41, 5.74) is 4.84. The Bertz CT molecular complexity index is 611. The van der Waals surface area contributed by atoms with E-state index in [4.69, 9.17) is 10.6 Å². The lowest BCUT2D eigenvalue weighted by Crippen LogP contribution is -2.29. The summed E-state index contributed by atoms with van der Waals surface area (Å²) in [5, 5.41) is 0. The molecule has 21 heavy (non-hydrogen) atoms. The predicted molar refractivity (Wildman–Crippen MR) is 83.2 cm³/mol. The zero-order chi connectivity index (χ0) is 15.2. The van der Waals surface area contributed by atoms with Crippen LogP contribution in [0.2, 0.25) is 0 Å². The summed E-state index contributed by atoms with van der Waals surface area (Å²) in [5.74, 6) is 5.65. The molecule has 2 aromatic carbocycles. The quantitative estimate of drug-likeness (QED) is 0.500. The molecule has 3 N–H and O–H groups in total. The van der Waals surface area contributed by atoms with E-state index in [9.17, 15) is 4.79 Å². The van der Waals surface area contributed by atoms with Crippen LogP contribution in [0.3, 0.4) is 0 Å². The molecule has 0 aliphatic rings. The molecular weight excluding hydrogens is 266 g/mol. The molecule has 0 saturated heterocycles. The van der Waals surface area contributed by atoms with Gasteiger partial charge in [-0.05, 0) is 29.8 Å². The summed E-state index contributed by atoms with van der Waals surface area (Å²) in [7, 11) is 3.66. The van der Waals surface area contributed by atoms with E-state index >= 15 is 0 Å². The summed E-state index contributed by atoms with van der Waals surface area (Å²) in [6.07, 6.45) is 0. The number of nitrogens with one attached hydrogen (secondary N) is 1. The molecule has 2 rings (SSSR count). The second-order valence-corrected chi connectivity index (χ2v) is 4.73. The maximum atomic E-state index is 11.4. The third kappa shape index (κ3) is 3.73. The number of amides is 1. The third-order valence-electron chi connectivity index (χ3n) is 3.26. The highest BCUT2D eigenvalue weighted by atomic mass is 16.5. The SMILES string of the molecule is COc1cccc(N(C)Cc2ccc(C(=O)NN)cc2)c1. The van der Waals surface area contributed by atoms with Crippen molar-refractivity contribution < 1.29 is 9.53 Å². The van der Waals surface area contributed by atoms with Gasteiger partial charge in [0.25, 0.3) is 5.91 Å². The largest absolute Gasteiger partial charge is 0.497 e. The summed E-state index contributed by atoms with van der Waals surface area (Å²) in [6, 6.07) is 15.2. The fraction of sp³-hybridized carbons (Fsp3) is 0.188. The summed E-state index contributed by atoms with van der Waals surface area (Å²) >= 11 is 0. The van der Waals surface area contributed by atoms with Crippen LogP contribution in [0.4, 0.5) is 5.69 Å². The number of benzene rings is 2. The van der Waals surface area contributed by atoms with Gasteiger partial charge in [-0.15, -0.1) is 0 Å². The van der Waals surface area contributed by atoms with E-state index < -0.39 is 0 Å². The molecule has 5 nitrogen and oxygen atoms in total. The Balaban J connectivity index is 2.08. The lowest BCUT2D eigenvalue weighted by molar-refractivity contribution is 0.0953. The summed E-state index contributed by atoms with van der Waals surface area (Å²) < 4.78 is 5.23. The number of hydrazine groups is 1. The number of ether oxygens (including phenoxy) is 1. The maximum Gasteiger partial charge on any atom is 0.265 e. The van der Waals surface area contributed by atoms with Gasteiger partial charge in [0.15, 0.2) is 0 Å². The van der Waals surface area contributed by atoms with E-state index in [0.29, 0.717) is 5.56 Å². The molecule has 0 bridgehead atoms. The number of nitrogen functional groups attached to an aromatic ring is 1. The Morgan fingerprint density at radius 2 is 1.95 bits per heavy atom. The first-order valence-corrected chi connectivity index (χ1v) is 6.59. The third-order valence-corrected chi connectivity index (χ3v) is 3.26. The number of nitrogens with zero attached hydrogens (tertiary/aromatic N) is 1. The molecule has 0 heterocycles. The average Bonchev–Trinajstić information content (AvgIpc) is 2.54. The average molecular weight is 285 g/mol. The minimum atomic E-state index is -0.289. The summed E-state index contributed by atoms with van der Waals surface area (Å²) in [4.78, 5) is 13.5. The molecule has 0 spiro atoms. The van der Waals surface area contributed by atoms with Crippen molar-refractivity contribution in [3.05, 3.63) is 59.7 Å². The van der Waals surface area contributed by atoms with Crippen molar-refractivity contribution in [3.8, 4) is 5.75 Å². The Kier molecular flexibility index (Phi) is 4.79. The molecule has 0 unspecified atom stereocenters. The Morgan fingerprint density at radius 1 is 1.24 bits per heavy atom. The van der Waals surface area contributed by atoms with Crippen LogP contribution in [0.25, 0.3) is 0 Å². The second kappa shape index (κ2) is 6.76. The molecule has 0 saturated carbocycles. The van der Waals surface area contributed by atoms with Crippen LogP contribution >= 0.6 is 0 Å². The molecule has 0 radical (unpaired) electrons. The van der Waals surface area contributed by atoms with Gasteiger partial charge < -0.3 is 9.64 Å². The van der Waals surface area contributed by atoms with Crippen molar-refractivity contribution in [2.24, 2.45) is 5.84 Å². The van der Waals surface area contributed by atoms with Gasteiger partial charge in [-0.1, -0.05) is 18.2 Å². The van der Waals surface area contributed by atoms with Crippen molar-refractivity contribution in [2.75, 3.05) is 19.1 Å². The molecule has 0 aliphatic carbocycles. The number of methoxy groups -OCH3 is 1. The molecular formula is C16H19N3O2. The van der Waals surface area contributed by atoms with Crippen LogP contribution in [-0.4, -0.2) is 20.1 Å². The van der Waals surface area contributed by atoms with Gasteiger partial charge in [0, 0.05) is 30.9 Å². The number of hydrogen-bond acceptors (Lipinski definition) is 4. The number of anilines is 1. The van der Waals surface area contributed by atoms with E-state index in [0.717, 1.165) is 23.5 Å². The van der Waals surface area contributed by atoms with Gasteiger partial charge in [-0.3, -0.25) is 10.2 Å². The maximum absolute atomic E-state index is 11.4. The highest BCUT2D eigenvalue weighted by Crippen LogP contribution is 2.21. The van der Waals surface area contributed by atoms with Crippen LogP contribution < -0.4 is 20.9 Å². The number of nitrogens with two attached hydrogens (primary N) is 1. The van der Waals surface area contributed by atoms with Crippen LogP contribution in [0, 0.1) is 0 Å². The van der Waals surface area contributed by atoms with Crippen molar-refractivity contribution in [3.63, 3.8) is 0 Å². The zero-order valence-electron chi connectivity index (χ0n) is 12.2. The van der Waals surface area contributed by atoms with E-state index in [1.807, 2.05) is 43.4 Å². The topological polar surface area (TPSA) is 67.6 Å². The van der Waals surface area contributed by atoms with E-state index in [2.05, 4.69) is 10.3 Å². The van der Waals surface area contributed by atoms with Crippen molar-refractivity contribution in [1.82, 2.24) is 5.43 Å². The number of rotatable bonds is 5. The van der Waals surface area contributed by atoms with Gasteiger partial charge in [-0.25, -0.2) is 5.84 Å². The van der Waals surface area contributed by atoms with Gasteiger partial charge in [-0.2, -0.15) is 0 Å². The number of carbonyl (C=O) groups is 1. The van der Waals surface area contributed by atoms with E-state index in [1.54, 1.807) is 19.2 Å². The van der Waals surface area contributed by atoms with Crippen LogP contribution in [-0.2, 0) is 6.54 Å². The smallest absolute Gasteiger partial charge is 0.265 e. The van der Waals surface area contributed by atoms with Gasteiger partial charge in [0.1, 0.15) is 5.75 Å². The Hall–Kier alpha value is -2.53. The second-order valence-electron chi connectivity index (χ2n) is 4.73. The van der Waals surface area contributed by atoms with Crippen LogP contribution in [0.1, 0.15) is 15.9 Å². The first-order valence-electron chi connectivity index (χ1n) is 6.59. The van der Waals surface area contributed by atoms with Gasteiger partial charge in [0.2, 0.25) is 0 Å². The van der Waals surface area contributed by atoms with Crippen LogP contribution in [0.5, 0.6) is 5.75 Å². The highest BCUT2D eigenvalue weighted by Gasteiger charge is 2.06. The molecule has 0 fully saturated rings. The fourth-order valence-electron chi connectivity index (χ4n) is 2.06. The van der Waals surface area contributed by atoms with Crippen molar-refractivity contribution in [2.45, 2.75) is 6.54 Å². The van der Waals surface area contributed by atoms with Crippen molar-refractivity contribution in [1.29, 1.82) is 0 Å². The lowest BCUT2D eigenvalue weighted by atomic mass is 10.1. The molecule has 0 aromatic heterocycles. The lowest BCUT2D eigenvalue weighted by Gasteiger charge is -2.20. The molecule has 0 aliphatic heterocycles. The van der Waals surface area contributed by atoms with Crippen molar-refractivity contribution >= 4 is 11.6 Å². The standard InChI is InChI=1S/C16H19N3O2/c1-19(14-4-3-5-15(10-14)21-2)11-12-6-8-13(9-7-12)16(20)18-17/h3-10H,11,17H2,1-2H3,(H,18,20). The zero-order valence-corrected chi connectivity index (χ0v) is 12.2. The normalized spacial score (nSPS) is 10.0. The first kappa shape index (κ1) is 14.9. The minimum absolute atomic E-state index is 0.289. The minimum Gasteiger partial charge on any atom is -0.497 e. The molecule has 110 valence electrons. The fourth-order valence-corrected chi connectivity index (χ4v) is 2.06. The summed E-state index contributed by atoms with van der Waals surface area (Å²) in [6.45, 7) is 0.734. The number of hydrogen-bond donors (Lipinski definition) is 2. The van der Waals surface area contributed by atoms with Gasteiger partial charge >= 0.3 is 0 Å². The first-order chi connectivity index (χ1) is 10.1. The molecule has 5 heteroatoms. The molecule has 0 atom stereocenters. The monoisotopic (exact) mass is 285 g/mol. The molecule has 2 aromatic rings. The Morgan fingerprint density at radius 3 is 2.57 bits per heavy atom. The van der Waals surface area contributed by atoms with E-state index in [1.165, 1.54) is 0 Å². The molecule has 1 amide bonds. The Labute approximate surface area is 124 Å². The van der Waals surface area contributed by atoms with E-state index in [-0.39, 0.29) is 5.91 Å². The van der Waals surface area contributed by atoms with Gasteiger partial charge in [0.05, 0.1) is 7.11 Å². The highest BCUT2D eigenvalue weighted by molar-refractivity contribution is 5.93.